The van der Waals surface area contributed by atoms with Gasteiger partial charge in [-0.3, -0.25) is 9.59 Å². The summed E-state index contributed by atoms with van der Waals surface area (Å²) in [4.78, 5) is 50.4. The summed E-state index contributed by atoms with van der Waals surface area (Å²) in [6, 6.07) is 3.53. The molecule has 0 bridgehead atoms. The van der Waals surface area contributed by atoms with Gasteiger partial charge in [-0.15, -0.1) is 32.9 Å². The van der Waals surface area contributed by atoms with Crippen LogP contribution in [0.5, 0.6) is 0 Å². The summed E-state index contributed by atoms with van der Waals surface area (Å²) < 4.78 is 11.8. The number of thioether (sulfide) groups is 1. The second-order valence-electron chi connectivity index (χ2n) is 7.16. The molecule has 14 heteroatoms. The maximum absolute atomic E-state index is 12.7. The molecular weight excluding hydrogens is 526 g/mol. The smallest absolute Gasteiger partial charge is 0.348 e. The Kier molecular flexibility index (Phi) is 9.61. The maximum atomic E-state index is 12.7. The van der Waals surface area contributed by atoms with E-state index in [0.29, 0.717) is 21.4 Å². The highest BCUT2D eigenvalue weighted by molar-refractivity contribution is 7.99. The van der Waals surface area contributed by atoms with E-state index in [2.05, 4.69) is 20.8 Å². The summed E-state index contributed by atoms with van der Waals surface area (Å²) in [5.74, 6) is -1.31. The van der Waals surface area contributed by atoms with E-state index in [0.717, 1.165) is 23.1 Å². The predicted octanol–water partition coefficient (Wildman–Crippen LogP) is 3.26. The Labute approximate surface area is 219 Å². The fraction of sp³-hybridized carbons (Fsp3) is 0.364. The quantitative estimate of drug-likeness (QED) is 0.271. The molecule has 3 heterocycles. The van der Waals surface area contributed by atoms with Crippen molar-refractivity contribution in [2.45, 2.75) is 32.5 Å². The number of ether oxygens (including phenoxy) is 2. The third kappa shape index (κ3) is 6.50. The molecule has 0 aliphatic rings. The Morgan fingerprint density at radius 3 is 2.50 bits per heavy atom. The second kappa shape index (κ2) is 12.6. The molecule has 3 aromatic rings. The monoisotopic (exact) mass is 551 g/mol. The fourth-order valence-electron chi connectivity index (χ4n) is 3.01. The Morgan fingerprint density at radius 2 is 1.83 bits per heavy atom. The largest absolute Gasteiger partial charge is 0.462 e. The molecule has 36 heavy (non-hydrogen) atoms. The van der Waals surface area contributed by atoms with Gasteiger partial charge in [0.15, 0.2) is 11.0 Å². The molecule has 0 atom stereocenters. The fourth-order valence-corrected chi connectivity index (χ4v) is 5.49. The zero-order chi connectivity index (χ0) is 26.2. The highest BCUT2D eigenvalue weighted by Gasteiger charge is 2.27. The third-order valence-electron chi connectivity index (χ3n) is 4.75. The average molecular weight is 552 g/mol. The molecule has 192 valence electrons. The van der Waals surface area contributed by atoms with Crippen LogP contribution in [0.25, 0.3) is 0 Å². The normalized spacial score (nSPS) is 10.7. The number of carbonyl (C=O) groups is 4. The van der Waals surface area contributed by atoms with E-state index in [1.807, 2.05) is 5.38 Å². The van der Waals surface area contributed by atoms with Gasteiger partial charge in [0.1, 0.15) is 9.88 Å². The number of amides is 2. The van der Waals surface area contributed by atoms with Crippen LogP contribution in [0.4, 0.5) is 5.00 Å². The van der Waals surface area contributed by atoms with Crippen LogP contribution in [0.1, 0.15) is 54.9 Å². The molecule has 2 N–H and O–H groups in total. The summed E-state index contributed by atoms with van der Waals surface area (Å²) in [6.07, 6.45) is 0. The van der Waals surface area contributed by atoms with Crippen LogP contribution in [0, 0.1) is 6.92 Å². The van der Waals surface area contributed by atoms with Crippen molar-refractivity contribution in [1.82, 2.24) is 20.1 Å². The van der Waals surface area contributed by atoms with E-state index in [9.17, 15) is 19.2 Å². The first-order chi connectivity index (χ1) is 17.3. The van der Waals surface area contributed by atoms with Crippen molar-refractivity contribution in [2.24, 2.45) is 7.05 Å². The first-order valence-corrected chi connectivity index (χ1v) is 13.5. The lowest BCUT2D eigenvalue weighted by molar-refractivity contribution is -0.113. The molecule has 0 saturated heterocycles. The van der Waals surface area contributed by atoms with Crippen LogP contribution in [0.2, 0.25) is 0 Å². The van der Waals surface area contributed by atoms with Gasteiger partial charge < -0.3 is 24.7 Å². The Morgan fingerprint density at radius 1 is 1.11 bits per heavy atom. The van der Waals surface area contributed by atoms with Crippen LogP contribution in [0.15, 0.2) is 22.7 Å². The molecular formula is C22H25N5O6S3. The van der Waals surface area contributed by atoms with Gasteiger partial charge >= 0.3 is 11.9 Å². The number of nitrogens with one attached hydrogen (secondary N) is 2. The zero-order valence-corrected chi connectivity index (χ0v) is 22.5. The van der Waals surface area contributed by atoms with Crippen LogP contribution < -0.4 is 10.6 Å². The van der Waals surface area contributed by atoms with Crippen LogP contribution >= 0.6 is 34.4 Å². The van der Waals surface area contributed by atoms with E-state index >= 15 is 0 Å². The number of hydrogen-bond donors (Lipinski definition) is 2. The molecule has 0 spiro atoms. The number of nitrogens with zero attached hydrogens (tertiary/aromatic N) is 3. The molecule has 3 aromatic heterocycles. The Balaban J connectivity index is 1.64. The highest BCUT2D eigenvalue weighted by atomic mass is 32.2. The average Bonchev–Trinajstić information content (AvgIpc) is 3.57. The lowest BCUT2D eigenvalue weighted by Crippen LogP contribution is -2.23. The van der Waals surface area contributed by atoms with Crippen molar-refractivity contribution in [3.05, 3.63) is 44.2 Å². The lowest BCUT2D eigenvalue weighted by atomic mass is 10.1. The van der Waals surface area contributed by atoms with Gasteiger partial charge in [-0.2, -0.15) is 0 Å². The van der Waals surface area contributed by atoms with Gasteiger partial charge in [-0.05, 0) is 37.8 Å². The lowest BCUT2D eigenvalue weighted by Gasteiger charge is -2.07. The summed E-state index contributed by atoms with van der Waals surface area (Å²) in [6.45, 7) is 5.47. The molecule has 2 amide bonds. The molecule has 0 aliphatic heterocycles. The van der Waals surface area contributed by atoms with E-state index in [4.69, 9.17) is 9.47 Å². The first kappa shape index (κ1) is 27.4. The number of anilines is 1. The predicted molar refractivity (Wildman–Crippen MR) is 137 cm³/mol. The molecule has 0 unspecified atom stereocenters. The van der Waals surface area contributed by atoms with Crippen molar-refractivity contribution < 1.29 is 28.7 Å². The molecule has 11 nitrogen and oxygen atoms in total. The maximum Gasteiger partial charge on any atom is 0.348 e. The molecule has 0 saturated carbocycles. The van der Waals surface area contributed by atoms with Crippen molar-refractivity contribution in [3.8, 4) is 0 Å². The number of hydrogen-bond acceptors (Lipinski definition) is 11. The minimum Gasteiger partial charge on any atom is -0.462 e. The van der Waals surface area contributed by atoms with Crippen molar-refractivity contribution in [3.63, 3.8) is 0 Å². The SMILES string of the molecule is CCOC(=O)c1sc(NC(=O)CSc2nnc(CNC(=O)c3cccs3)n2C)c(C(=O)OCC)c1C. The number of rotatable bonds is 11. The number of esters is 2. The number of carbonyl (C=O) groups excluding carboxylic acids is 4. The summed E-state index contributed by atoms with van der Waals surface area (Å²) >= 11 is 3.45. The van der Waals surface area contributed by atoms with Crippen molar-refractivity contribution in [2.75, 3.05) is 24.3 Å². The van der Waals surface area contributed by atoms with E-state index in [1.54, 1.807) is 44.5 Å². The van der Waals surface area contributed by atoms with Crippen LogP contribution in [0.3, 0.4) is 0 Å². The van der Waals surface area contributed by atoms with Gasteiger partial charge in [0.25, 0.3) is 5.91 Å². The van der Waals surface area contributed by atoms with Gasteiger partial charge in [-0.1, -0.05) is 17.8 Å². The highest BCUT2D eigenvalue weighted by Crippen LogP contribution is 2.34. The molecule has 0 aliphatic carbocycles. The van der Waals surface area contributed by atoms with Gasteiger partial charge in [0, 0.05) is 7.05 Å². The van der Waals surface area contributed by atoms with Crippen molar-refractivity contribution in [1.29, 1.82) is 0 Å². The van der Waals surface area contributed by atoms with E-state index in [-0.39, 0.29) is 46.9 Å². The van der Waals surface area contributed by atoms with Gasteiger partial charge in [0.05, 0.1) is 36.0 Å². The van der Waals surface area contributed by atoms with Gasteiger partial charge in [-0.25, -0.2) is 9.59 Å². The number of aromatic nitrogens is 3. The van der Waals surface area contributed by atoms with Crippen molar-refractivity contribution >= 4 is 63.2 Å². The van der Waals surface area contributed by atoms with Gasteiger partial charge in [0.2, 0.25) is 5.91 Å². The summed E-state index contributed by atoms with van der Waals surface area (Å²) in [5, 5.41) is 16.2. The summed E-state index contributed by atoms with van der Waals surface area (Å²) in [7, 11) is 1.74. The molecule has 0 radical (unpaired) electrons. The molecule has 0 fully saturated rings. The summed E-state index contributed by atoms with van der Waals surface area (Å²) in [5.41, 5.74) is 0.521. The van der Waals surface area contributed by atoms with Crippen LogP contribution in [-0.4, -0.2) is 57.5 Å². The van der Waals surface area contributed by atoms with Crippen LogP contribution in [-0.2, 0) is 27.9 Å². The Bertz CT molecular complexity index is 1250. The first-order valence-electron chi connectivity index (χ1n) is 10.9. The molecule has 3 rings (SSSR count). The zero-order valence-electron chi connectivity index (χ0n) is 20.1. The second-order valence-corrected chi connectivity index (χ2v) is 10.1. The standard InChI is InChI=1S/C22H25N5O6S3/c1-5-32-20(30)16-12(3)17(21(31)33-6-2)36-19(16)24-15(28)11-35-22-26-25-14(27(22)4)10-23-18(29)13-8-7-9-34-13/h7-9H,5-6,10-11H2,1-4H3,(H,23,29)(H,24,28). The topological polar surface area (TPSA) is 142 Å². The minimum atomic E-state index is -0.632. The van der Waals surface area contributed by atoms with E-state index in [1.165, 1.54) is 11.3 Å². The minimum absolute atomic E-state index is 0.0263. The number of thiophene rings is 2. The molecule has 0 aromatic carbocycles. The van der Waals surface area contributed by atoms with E-state index < -0.39 is 17.8 Å². The Hall–Kier alpha value is -3.23. The third-order valence-corrected chi connectivity index (χ3v) is 7.83.